The molecular weight excluding hydrogens is 236 g/mol. The Morgan fingerprint density at radius 3 is 2.68 bits per heavy atom. The highest BCUT2D eigenvalue weighted by Gasteiger charge is 2.34. The zero-order valence-electron chi connectivity index (χ0n) is 12.0. The first-order valence-electron chi connectivity index (χ1n) is 6.56. The second-order valence-corrected chi connectivity index (χ2v) is 5.26. The third kappa shape index (κ3) is 2.38. The summed E-state index contributed by atoms with van der Waals surface area (Å²) in [6.45, 7) is 4.02. The van der Waals surface area contributed by atoms with Crippen molar-refractivity contribution in [3.05, 3.63) is 42.1 Å². The van der Waals surface area contributed by atoms with Crippen molar-refractivity contribution >= 4 is 16.7 Å². The van der Waals surface area contributed by atoms with Gasteiger partial charge in [0, 0.05) is 17.1 Å². The minimum Gasteiger partial charge on any atom is -0.297 e. The Bertz CT molecular complexity index is 606. The maximum atomic E-state index is 12.7. The van der Waals surface area contributed by atoms with Crippen LogP contribution in [0.5, 0.6) is 0 Å². The molecule has 1 aromatic carbocycles. The lowest BCUT2D eigenvalue weighted by Crippen LogP contribution is -2.48. The van der Waals surface area contributed by atoms with Crippen molar-refractivity contribution in [2.45, 2.75) is 25.8 Å². The average Bonchev–Trinajstić information content (AvgIpc) is 2.44. The standard InChI is InChI=1S/C16H20N2O/c1-5-16(2,18(3)4)15(19)13-9-8-12-7-6-10-17-14(12)11-13/h6-11H,5H2,1-4H3. The Kier molecular flexibility index (Phi) is 3.67. The second-order valence-electron chi connectivity index (χ2n) is 5.26. The zero-order valence-corrected chi connectivity index (χ0v) is 12.0. The van der Waals surface area contributed by atoms with Gasteiger partial charge in [-0.25, -0.2) is 0 Å². The first-order valence-corrected chi connectivity index (χ1v) is 6.56. The van der Waals surface area contributed by atoms with E-state index in [-0.39, 0.29) is 5.78 Å². The summed E-state index contributed by atoms with van der Waals surface area (Å²) < 4.78 is 0. The maximum absolute atomic E-state index is 12.7. The largest absolute Gasteiger partial charge is 0.297 e. The summed E-state index contributed by atoms with van der Waals surface area (Å²) >= 11 is 0. The van der Waals surface area contributed by atoms with Crippen LogP contribution in [-0.2, 0) is 0 Å². The lowest BCUT2D eigenvalue weighted by Gasteiger charge is -2.34. The fourth-order valence-corrected chi connectivity index (χ4v) is 2.20. The zero-order chi connectivity index (χ0) is 14.0. The van der Waals surface area contributed by atoms with E-state index in [0.29, 0.717) is 0 Å². The molecule has 0 amide bonds. The molecule has 0 aliphatic rings. The number of benzene rings is 1. The van der Waals surface area contributed by atoms with Crippen LogP contribution in [0.2, 0.25) is 0 Å². The number of fused-ring (bicyclic) bond motifs is 1. The number of carbonyl (C=O) groups excluding carboxylic acids is 1. The number of aromatic nitrogens is 1. The van der Waals surface area contributed by atoms with Gasteiger partial charge in [0.25, 0.3) is 0 Å². The normalized spacial score (nSPS) is 14.6. The number of pyridine rings is 1. The van der Waals surface area contributed by atoms with Crippen molar-refractivity contribution in [2.75, 3.05) is 14.1 Å². The molecule has 1 aromatic heterocycles. The summed E-state index contributed by atoms with van der Waals surface area (Å²) in [5.74, 6) is 0.146. The molecule has 3 heteroatoms. The molecule has 0 saturated carbocycles. The van der Waals surface area contributed by atoms with Gasteiger partial charge in [-0.05, 0) is 39.6 Å². The summed E-state index contributed by atoms with van der Waals surface area (Å²) in [5.41, 5.74) is 1.12. The molecule has 0 spiro atoms. The number of likely N-dealkylation sites (N-methyl/N-ethyl adjacent to an activating group) is 1. The lowest BCUT2D eigenvalue weighted by atomic mass is 9.87. The summed E-state index contributed by atoms with van der Waals surface area (Å²) in [7, 11) is 3.89. The highest BCUT2D eigenvalue weighted by Crippen LogP contribution is 2.24. The smallest absolute Gasteiger partial charge is 0.182 e. The van der Waals surface area contributed by atoms with Crippen molar-refractivity contribution in [2.24, 2.45) is 0 Å². The molecule has 0 N–H and O–H groups in total. The molecule has 1 heterocycles. The third-order valence-corrected chi connectivity index (χ3v) is 4.03. The van der Waals surface area contributed by atoms with E-state index < -0.39 is 5.54 Å². The molecule has 0 fully saturated rings. The van der Waals surface area contributed by atoms with E-state index in [2.05, 4.69) is 4.98 Å². The van der Waals surface area contributed by atoms with E-state index >= 15 is 0 Å². The highest BCUT2D eigenvalue weighted by molar-refractivity contribution is 6.04. The maximum Gasteiger partial charge on any atom is 0.182 e. The molecule has 2 rings (SSSR count). The van der Waals surface area contributed by atoms with Gasteiger partial charge in [-0.3, -0.25) is 14.7 Å². The molecule has 2 aromatic rings. The second kappa shape index (κ2) is 5.10. The Morgan fingerprint density at radius 2 is 2.05 bits per heavy atom. The topological polar surface area (TPSA) is 33.2 Å². The summed E-state index contributed by atoms with van der Waals surface area (Å²) in [6.07, 6.45) is 2.53. The molecule has 0 saturated heterocycles. The molecule has 0 aliphatic heterocycles. The fraction of sp³-hybridized carbons (Fsp3) is 0.375. The predicted molar refractivity (Wildman–Crippen MR) is 78.5 cm³/mol. The highest BCUT2D eigenvalue weighted by atomic mass is 16.1. The van der Waals surface area contributed by atoms with Gasteiger partial charge in [-0.1, -0.05) is 25.1 Å². The minimum absolute atomic E-state index is 0.146. The van der Waals surface area contributed by atoms with E-state index in [9.17, 15) is 4.79 Å². The number of Topliss-reactive ketones (excluding diaryl/α,β-unsaturated/α-hetero) is 1. The van der Waals surface area contributed by atoms with Gasteiger partial charge >= 0.3 is 0 Å². The molecule has 100 valence electrons. The molecule has 1 unspecified atom stereocenters. The molecule has 0 aliphatic carbocycles. The van der Waals surface area contributed by atoms with Crippen molar-refractivity contribution in [3.8, 4) is 0 Å². The lowest BCUT2D eigenvalue weighted by molar-refractivity contribution is 0.0711. The van der Waals surface area contributed by atoms with Crippen LogP contribution in [0.3, 0.4) is 0 Å². The number of hydrogen-bond acceptors (Lipinski definition) is 3. The molecule has 1 atom stereocenters. The van der Waals surface area contributed by atoms with Gasteiger partial charge in [0.1, 0.15) is 0 Å². The van der Waals surface area contributed by atoms with Gasteiger partial charge < -0.3 is 0 Å². The Morgan fingerprint density at radius 1 is 1.32 bits per heavy atom. The number of ketones is 1. The monoisotopic (exact) mass is 256 g/mol. The molecular formula is C16H20N2O. The van der Waals surface area contributed by atoms with Crippen LogP contribution in [0, 0.1) is 0 Å². The first-order chi connectivity index (χ1) is 8.99. The quantitative estimate of drug-likeness (QED) is 0.788. The van der Waals surface area contributed by atoms with Crippen molar-refractivity contribution in [3.63, 3.8) is 0 Å². The van der Waals surface area contributed by atoms with E-state index in [1.807, 2.05) is 63.2 Å². The van der Waals surface area contributed by atoms with Crippen molar-refractivity contribution in [1.29, 1.82) is 0 Å². The van der Waals surface area contributed by atoms with Crippen LogP contribution in [0.15, 0.2) is 36.5 Å². The van der Waals surface area contributed by atoms with Gasteiger partial charge in [-0.15, -0.1) is 0 Å². The van der Waals surface area contributed by atoms with Gasteiger partial charge in [0.05, 0.1) is 11.1 Å². The number of nitrogens with zero attached hydrogens (tertiary/aromatic N) is 2. The SMILES string of the molecule is CCC(C)(C(=O)c1ccc2cccnc2c1)N(C)C. The van der Waals surface area contributed by atoms with E-state index in [1.165, 1.54) is 0 Å². The fourth-order valence-electron chi connectivity index (χ4n) is 2.20. The van der Waals surface area contributed by atoms with Gasteiger partial charge in [-0.2, -0.15) is 0 Å². The van der Waals surface area contributed by atoms with Crippen LogP contribution in [0.1, 0.15) is 30.6 Å². The Balaban J connectivity index is 2.46. The van der Waals surface area contributed by atoms with Crippen molar-refractivity contribution < 1.29 is 4.79 Å². The van der Waals surface area contributed by atoms with Crippen molar-refractivity contribution in [1.82, 2.24) is 9.88 Å². The predicted octanol–water partition coefficient (Wildman–Crippen LogP) is 3.15. The summed E-state index contributed by atoms with van der Waals surface area (Å²) in [5, 5.41) is 1.06. The molecule has 0 radical (unpaired) electrons. The summed E-state index contributed by atoms with van der Waals surface area (Å²) in [4.78, 5) is 19.0. The van der Waals surface area contributed by atoms with Gasteiger partial charge in [0.15, 0.2) is 5.78 Å². The van der Waals surface area contributed by atoms with Crippen LogP contribution in [0.25, 0.3) is 10.9 Å². The number of rotatable bonds is 4. The van der Waals surface area contributed by atoms with E-state index in [1.54, 1.807) is 6.20 Å². The number of hydrogen-bond donors (Lipinski definition) is 0. The minimum atomic E-state index is -0.470. The first kappa shape index (κ1) is 13.7. The van der Waals surface area contributed by atoms with E-state index in [4.69, 9.17) is 0 Å². The van der Waals surface area contributed by atoms with E-state index in [0.717, 1.165) is 22.9 Å². The van der Waals surface area contributed by atoms with Crippen LogP contribution in [0.4, 0.5) is 0 Å². The Hall–Kier alpha value is -1.74. The average molecular weight is 256 g/mol. The van der Waals surface area contributed by atoms with Crippen LogP contribution in [-0.4, -0.2) is 35.3 Å². The van der Waals surface area contributed by atoms with Crippen LogP contribution < -0.4 is 0 Å². The summed E-state index contributed by atoms with van der Waals surface area (Å²) in [6, 6.07) is 9.64. The molecule has 3 nitrogen and oxygen atoms in total. The van der Waals surface area contributed by atoms with Gasteiger partial charge in [0.2, 0.25) is 0 Å². The molecule has 19 heavy (non-hydrogen) atoms. The Labute approximate surface area is 114 Å². The number of carbonyl (C=O) groups is 1. The van der Waals surface area contributed by atoms with Crippen LogP contribution >= 0.6 is 0 Å². The third-order valence-electron chi connectivity index (χ3n) is 4.03. The molecule has 0 bridgehead atoms.